The summed E-state index contributed by atoms with van der Waals surface area (Å²) in [7, 11) is 1.63. The number of hydrazine groups is 1. The number of benzene rings is 1. The molecule has 5 nitrogen and oxygen atoms in total. The van der Waals surface area contributed by atoms with Crippen LogP contribution >= 0.6 is 15.9 Å². The van der Waals surface area contributed by atoms with Gasteiger partial charge in [0.1, 0.15) is 0 Å². The number of hydrogen-bond acceptors (Lipinski definition) is 5. The van der Waals surface area contributed by atoms with Crippen molar-refractivity contribution in [3.8, 4) is 5.88 Å². The molecule has 1 atom stereocenters. The fourth-order valence-corrected chi connectivity index (χ4v) is 2.81. The molecule has 2 aromatic rings. The summed E-state index contributed by atoms with van der Waals surface area (Å²) in [5.74, 6) is 0.615. The molecule has 6 heteroatoms. The third-order valence-corrected chi connectivity index (χ3v) is 4.51. The number of nitrogens with zero attached hydrogens (tertiary/aromatic N) is 1. The monoisotopic (exact) mass is 421 g/mol. The molecule has 1 unspecified atom stereocenters. The van der Waals surface area contributed by atoms with Crippen molar-refractivity contribution in [2.24, 2.45) is 0 Å². The lowest BCUT2D eigenvalue weighted by atomic mass is 10.0. The minimum atomic E-state index is -0.272. The van der Waals surface area contributed by atoms with Crippen LogP contribution in [0, 0.1) is 0 Å². The first kappa shape index (κ1) is 20.8. The Morgan fingerprint density at radius 3 is 2.50 bits per heavy atom. The molecule has 2 rings (SSSR count). The van der Waals surface area contributed by atoms with Gasteiger partial charge in [-0.25, -0.2) is 10.4 Å². The lowest BCUT2D eigenvalue weighted by molar-refractivity contribution is -0.0979. The van der Waals surface area contributed by atoms with Gasteiger partial charge in [-0.05, 0) is 61.2 Å². The van der Waals surface area contributed by atoms with Crippen LogP contribution in [0.3, 0.4) is 0 Å². The van der Waals surface area contributed by atoms with Gasteiger partial charge in [0.25, 0.3) is 0 Å². The van der Waals surface area contributed by atoms with Gasteiger partial charge in [-0.15, -0.1) is 5.59 Å². The van der Waals surface area contributed by atoms with Crippen LogP contribution in [0.4, 0.5) is 0 Å². The zero-order chi connectivity index (χ0) is 19.0. The van der Waals surface area contributed by atoms with Crippen LogP contribution in [0.25, 0.3) is 0 Å². The van der Waals surface area contributed by atoms with E-state index in [0.717, 1.165) is 29.4 Å². The van der Waals surface area contributed by atoms with Crippen LogP contribution < -0.4 is 15.8 Å². The van der Waals surface area contributed by atoms with Crippen molar-refractivity contribution < 1.29 is 9.57 Å². The maximum Gasteiger partial charge on any atom is 0.213 e. The third-order valence-electron chi connectivity index (χ3n) is 3.79. The average Bonchev–Trinajstić information content (AvgIpc) is 2.61. The highest BCUT2D eigenvalue weighted by molar-refractivity contribution is 9.10. The molecule has 1 aromatic carbocycles. The molecule has 0 aliphatic carbocycles. The predicted molar refractivity (Wildman–Crippen MR) is 108 cm³/mol. The molecule has 0 amide bonds. The number of hydrogen-bond donors (Lipinski definition) is 2. The minimum Gasteiger partial charge on any atom is -0.481 e. The van der Waals surface area contributed by atoms with Gasteiger partial charge >= 0.3 is 0 Å². The molecule has 1 heterocycles. The summed E-state index contributed by atoms with van der Waals surface area (Å²) in [6.07, 6.45) is 2.65. The van der Waals surface area contributed by atoms with E-state index in [1.807, 2.05) is 39.0 Å². The van der Waals surface area contributed by atoms with Crippen molar-refractivity contribution in [2.75, 3.05) is 7.11 Å². The van der Waals surface area contributed by atoms with E-state index in [2.05, 4.69) is 56.2 Å². The van der Waals surface area contributed by atoms with Crippen molar-refractivity contribution in [3.63, 3.8) is 0 Å². The second-order valence-electron chi connectivity index (χ2n) is 7.17. The van der Waals surface area contributed by atoms with Crippen LogP contribution in [0.2, 0.25) is 0 Å². The van der Waals surface area contributed by atoms with E-state index in [-0.39, 0.29) is 11.6 Å². The minimum absolute atomic E-state index is 0.147. The van der Waals surface area contributed by atoms with Crippen molar-refractivity contribution in [2.45, 2.75) is 51.7 Å². The molecule has 0 radical (unpaired) electrons. The molecule has 0 saturated heterocycles. The highest BCUT2D eigenvalue weighted by Crippen LogP contribution is 2.21. The van der Waals surface area contributed by atoms with Crippen LogP contribution in [0.5, 0.6) is 5.88 Å². The summed E-state index contributed by atoms with van der Waals surface area (Å²) >= 11 is 3.59. The molecule has 1 aromatic heterocycles. The molecular weight excluding hydrogens is 394 g/mol. The van der Waals surface area contributed by atoms with Gasteiger partial charge in [-0.2, -0.15) is 0 Å². The van der Waals surface area contributed by atoms with Crippen LogP contribution in [0.1, 0.15) is 38.4 Å². The summed E-state index contributed by atoms with van der Waals surface area (Å²) < 4.78 is 6.23. The van der Waals surface area contributed by atoms with Gasteiger partial charge in [0, 0.05) is 23.0 Å². The Labute approximate surface area is 164 Å². The van der Waals surface area contributed by atoms with Crippen molar-refractivity contribution in [1.29, 1.82) is 0 Å². The lowest BCUT2D eigenvalue weighted by Gasteiger charge is -2.24. The summed E-state index contributed by atoms with van der Waals surface area (Å²) in [5.41, 5.74) is 8.18. The highest BCUT2D eigenvalue weighted by Gasteiger charge is 2.16. The average molecular weight is 422 g/mol. The standard InChI is InChI=1S/C20H28BrN3O2/c1-20(2,3)26-24-23-16(11-10-15-8-6-5-7-9-15)14-18-17(21)12-13-19(22-18)25-4/h5-9,12-13,16,23-24H,10-11,14H2,1-4H3. The largest absolute Gasteiger partial charge is 0.481 e. The smallest absolute Gasteiger partial charge is 0.213 e. The molecule has 0 saturated carbocycles. The second-order valence-corrected chi connectivity index (χ2v) is 8.02. The number of pyridine rings is 1. The fraction of sp³-hybridized carbons (Fsp3) is 0.450. The molecule has 0 bridgehead atoms. The van der Waals surface area contributed by atoms with Crippen molar-refractivity contribution >= 4 is 15.9 Å². The molecule has 142 valence electrons. The zero-order valence-corrected chi connectivity index (χ0v) is 17.5. The molecule has 2 N–H and O–H groups in total. The van der Waals surface area contributed by atoms with E-state index in [1.165, 1.54) is 5.56 Å². The molecule has 0 aliphatic rings. The molecular formula is C20H28BrN3O2. The number of halogens is 1. The number of ether oxygens (including phenoxy) is 1. The molecule has 0 spiro atoms. The topological polar surface area (TPSA) is 55.4 Å². The molecule has 0 aliphatic heterocycles. The van der Waals surface area contributed by atoms with E-state index in [9.17, 15) is 0 Å². The van der Waals surface area contributed by atoms with Crippen LogP contribution in [-0.4, -0.2) is 23.7 Å². The van der Waals surface area contributed by atoms with Gasteiger partial charge in [-0.1, -0.05) is 30.3 Å². The SMILES string of the molecule is COc1ccc(Br)c(CC(CCc2ccccc2)NNOC(C)(C)C)n1. The summed E-state index contributed by atoms with van der Waals surface area (Å²) in [6, 6.07) is 14.4. The van der Waals surface area contributed by atoms with Gasteiger partial charge in [-0.3, -0.25) is 4.84 Å². The maximum absolute atomic E-state index is 5.61. The normalized spacial score (nSPS) is 12.8. The third kappa shape index (κ3) is 7.41. The van der Waals surface area contributed by atoms with E-state index in [1.54, 1.807) is 7.11 Å². The lowest BCUT2D eigenvalue weighted by Crippen LogP contribution is -2.45. The van der Waals surface area contributed by atoms with Crippen molar-refractivity contribution in [1.82, 2.24) is 16.0 Å². The summed E-state index contributed by atoms with van der Waals surface area (Å²) in [5, 5.41) is 0. The van der Waals surface area contributed by atoms with Crippen LogP contribution in [-0.2, 0) is 17.7 Å². The first-order valence-electron chi connectivity index (χ1n) is 8.79. The van der Waals surface area contributed by atoms with Crippen LogP contribution in [0.15, 0.2) is 46.9 Å². The Bertz CT molecular complexity index is 675. The van der Waals surface area contributed by atoms with E-state index >= 15 is 0 Å². The molecule has 26 heavy (non-hydrogen) atoms. The Balaban J connectivity index is 2.03. The maximum atomic E-state index is 5.61. The predicted octanol–water partition coefficient (Wildman–Crippen LogP) is 4.22. The highest BCUT2D eigenvalue weighted by atomic mass is 79.9. The van der Waals surface area contributed by atoms with Crippen molar-refractivity contribution in [3.05, 3.63) is 58.2 Å². The first-order chi connectivity index (χ1) is 12.4. The number of aromatic nitrogens is 1. The quantitative estimate of drug-likeness (QED) is 0.593. The Hall–Kier alpha value is -1.47. The first-order valence-corrected chi connectivity index (χ1v) is 9.58. The number of aryl methyl sites for hydroxylation is 1. The summed E-state index contributed by atoms with van der Waals surface area (Å²) in [4.78, 5) is 10.2. The summed E-state index contributed by atoms with van der Waals surface area (Å²) in [6.45, 7) is 6.00. The van der Waals surface area contributed by atoms with Gasteiger partial charge in [0.2, 0.25) is 5.88 Å². The Morgan fingerprint density at radius 1 is 1.12 bits per heavy atom. The zero-order valence-electron chi connectivity index (χ0n) is 15.9. The van der Waals surface area contributed by atoms with E-state index in [0.29, 0.717) is 5.88 Å². The number of methoxy groups -OCH3 is 1. The number of rotatable bonds is 9. The Kier molecular flexibility index (Phi) is 8.03. The van der Waals surface area contributed by atoms with E-state index in [4.69, 9.17) is 9.57 Å². The van der Waals surface area contributed by atoms with Gasteiger partial charge in [0.05, 0.1) is 18.4 Å². The van der Waals surface area contributed by atoms with Gasteiger partial charge < -0.3 is 4.74 Å². The fourth-order valence-electron chi connectivity index (χ4n) is 2.43. The van der Waals surface area contributed by atoms with E-state index < -0.39 is 0 Å². The van der Waals surface area contributed by atoms with Gasteiger partial charge in [0.15, 0.2) is 0 Å². The number of nitrogens with one attached hydrogen (secondary N) is 2. The second kappa shape index (κ2) is 10.0. The Morgan fingerprint density at radius 2 is 1.85 bits per heavy atom. The molecule has 0 fully saturated rings.